The molecular weight excluding hydrogens is 264 g/mol. The van der Waals surface area contributed by atoms with E-state index in [1.54, 1.807) is 12.1 Å². The number of para-hydroxylation sites is 1. The summed E-state index contributed by atoms with van der Waals surface area (Å²) in [5.74, 6) is -2.04. The highest BCUT2D eigenvalue weighted by molar-refractivity contribution is 6.40. The molecule has 1 aromatic carbocycles. The minimum absolute atomic E-state index is 0.0116. The summed E-state index contributed by atoms with van der Waals surface area (Å²) >= 11 is 0. The molecule has 0 radical (unpaired) electrons. The fourth-order valence-corrected chi connectivity index (χ4v) is 2.06. The third-order valence-corrected chi connectivity index (χ3v) is 3.04. The van der Waals surface area contributed by atoms with E-state index in [0.29, 0.717) is 19.0 Å². The van der Waals surface area contributed by atoms with Crippen molar-refractivity contribution < 1.29 is 28.9 Å². The van der Waals surface area contributed by atoms with Crippen LogP contribution >= 0.6 is 0 Å². The topological polar surface area (TPSA) is 82.1 Å². The molecule has 1 aromatic rings. The molecule has 1 atom stereocenters. The number of methoxy groups -OCH3 is 1. The van der Waals surface area contributed by atoms with Gasteiger partial charge in [0.15, 0.2) is 11.5 Å². The van der Waals surface area contributed by atoms with Crippen LogP contribution in [0.5, 0.6) is 11.5 Å². The standard InChI is InChI=1S/C14H16O6/c1-18-11-6-2-5-10(12(15)14(16)17)13(11)20-9-4-3-7-19-8-9/h2,5-6,9H,3-4,7-8H2,1H3,(H,16,17). The van der Waals surface area contributed by atoms with Gasteiger partial charge in [0, 0.05) is 6.61 Å². The van der Waals surface area contributed by atoms with E-state index in [-0.39, 0.29) is 17.4 Å². The Bertz CT molecular complexity index is 504. The number of carbonyl (C=O) groups excluding carboxylic acids is 1. The van der Waals surface area contributed by atoms with Crippen LogP contribution in [0.3, 0.4) is 0 Å². The summed E-state index contributed by atoms with van der Waals surface area (Å²) in [6.07, 6.45) is 1.45. The molecule has 1 fully saturated rings. The molecule has 0 spiro atoms. The van der Waals surface area contributed by atoms with Crippen molar-refractivity contribution in [2.45, 2.75) is 18.9 Å². The lowest BCUT2D eigenvalue weighted by molar-refractivity contribution is -0.131. The normalized spacial score (nSPS) is 18.4. The highest BCUT2D eigenvalue weighted by Crippen LogP contribution is 2.33. The zero-order valence-electron chi connectivity index (χ0n) is 11.1. The predicted octanol–water partition coefficient (Wildman–Crippen LogP) is 1.52. The van der Waals surface area contributed by atoms with Gasteiger partial charge in [0.1, 0.15) is 6.10 Å². The van der Waals surface area contributed by atoms with Crippen LogP contribution in [0.1, 0.15) is 23.2 Å². The van der Waals surface area contributed by atoms with Crippen molar-refractivity contribution in [1.29, 1.82) is 0 Å². The molecule has 6 heteroatoms. The number of carboxylic acid groups (broad SMARTS) is 1. The molecule has 1 aliphatic rings. The van der Waals surface area contributed by atoms with E-state index in [1.807, 2.05) is 0 Å². The molecule has 0 bridgehead atoms. The van der Waals surface area contributed by atoms with Gasteiger partial charge in [-0.2, -0.15) is 0 Å². The Kier molecular flexibility index (Phi) is 4.57. The monoisotopic (exact) mass is 280 g/mol. The number of carbonyl (C=O) groups is 2. The number of benzene rings is 1. The van der Waals surface area contributed by atoms with Crippen molar-refractivity contribution in [3.63, 3.8) is 0 Å². The Labute approximate surface area is 116 Å². The zero-order chi connectivity index (χ0) is 14.5. The second-order valence-electron chi connectivity index (χ2n) is 4.43. The number of ether oxygens (including phenoxy) is 3. The molecule has 108 valence electrons. The number of hydrogen-bond acceptors (Lipinski definition) is 5. The third kappa shape index (κ3) is 3.08. The van der Waals surface area contributed by atoms with Crippen molar-refractivity contribution in [2.24, 2.45) is 0 Å². The Hall–Kier alpha value is -2.08. The van der Waals surface area contributed by atoms with E-state index in [0.717, 1.165) is 12.8 Å². The molecule has 0 amide bonds. The molecule has 6 nitrogen and oxygen atoms in total. The van der Waals surface area contributed by atoms with Gasteiger partial charge in [-0.15, -0.1) is 0 Å². The fourth-order valence-electron chi connectivity index (χ4n) is 2.06. The van der Waals surface area contributed by atoms with Gasteiger partial charge in [0.25, 0.3) is 5.78 Å². The summed E-state index contributed by atoms with van der Waals surface area (Å²) in [5.41, 5.74) is -0.0116. The molecule has 1 aliphatic heterocycles. The summed E-state index contributed by atoms with van der Waals surface area (Å²) in [4.78, 5) is 22.6. The van der Waals surface area contributed by atoms with E-state index in [9.17, 15) is 9.59 Å². The highest BCUT2D eigenvalue weighted by Gasteiger charge is 2.25. The van der Waals surface area contributed by atoms with Crippen molar-refractivity contribution in [1.82, 2.24) is 0 Å². The Morgan fingerprint density at radius 1 is 1.40 bits per heavy atom. The number of carboxylic acids is 1. The molecule has 1 saturated heterocycles. The van der Waals surface area contributed by atoms with E-state index in [2.05, 4.69) is 0 Å². The SMILES string of the molecule is COc1cccc(C(=O)C(=O)O)c1OC1CCCOC1. The van der Waals surface area contributed by atoms with Crippen LogP contribution in [0.25, 0.3) is 0 Å². The minimum Gasteiger partial charge on any atom is -0.493 e. The van der Waals surface area contributed by atoms with Gasteiger partial charge in [-0.25, -0.2) is 4.79 Å². The average Bonchev–Trinajstić information content (AvgIpc) is 2.47. The van der Waals surface area contributed by atoms with Gasteiger partial charge in [-0.3, -0.25) is 4.79 Å². The Morgan fingerprint density at radius 3 is 2.80 bits per heavy atom. The summed E-state index contributed by atoms with van der Waals surface area (Å²) in [6.45, 7) is 1.10. The zero-order valence-corrected chi connectivity index (χ0v) is 11.1. The molecule has 20 heavy (non-hydrogen) atoms. The lowest BCUT2D eigenvalue weighted by Crippen LogP contribution is -2.29. The molecule has 0 aromatic heterocycles. The number of ketones is 1. The summed E-state index contributed by atoms with van der Waals surface area (Å²) in [6, 6.07) is 4.59. The minimum atomic E-state index is -1.53. The first-order valence-electron chi connectivity index (χ1n) is 6.32. The number of rotatable bonds is 5. The van der Waals surface area contributed by atoms with Crippen LogP contribution in [0.4, 0.5) is 0 Å². The smallest absolute Gasteiger partial charge is 0.377 e. The maximum absolute atomic E-state index is 11.7. The first-order valence-corrected chi connectivity index (χ1v) is 6.32. The van der Waals surface area contributed by atoms with Crippen molar-refractivity contribution in [3.8, 4) is 11.5 Å². The van der Waals surface area contributed by atoms with E-state index >= 15 is 0 Å². The molecule has 0 aliphatic carbocycles. The molecule has 1 N–H and O–H groups in total. The lowest BCUT2D eigenvalue weighted by Gasteiger charge is -2.25. The maximum Gasteiger partial charge on any atom is 0.377 e. The van der Waals surface area contributed by atoms with Crippen LogP contribution in [0, 0.1) is 0 Å². The van der Waals surface area contributed by atoms with Crippen LogP contribution in [0.15, 0.2) is 18.2 Å². The highest BCUT2D eigenvalue weighted by atomic mass is 16.5. The largest absolute Gasteiger partial charge is 0.493 e. The Balaban J connectivity index is 2.32. The third-order valence-electron chi connectivity index (χ3n) is 3.04. The molecular formula is C14H16O6. The van der Waals surface area contributed by atoms with Gasteiger partial charge in [0.05, 0.1) is 19.3 Å². The predicted molar refractivity (Wildman–Crippen MR) is 69.4 cm³/mol. The van der Waals surface area contributed by atoms with Gasteiger partial charge < -0.3 is 19.3 Å². The number of Topliss-reactive ketones (excluding diaryl/α,β-unsaturated/α-hetero) is 1. The lowest BCUT2D eigenvalue weighted by atomic mass is 10.1. The summed E-state index contributed by atoms with van der Waals surface area (Å²) < 4.78 is 16.2. The summed E-state index contributed by atoms with van der Waals surface area (Å²) in [7, 11) is 1.44. The van der Waals surface area contributed by atoms with Crippen LogP contribution in [0.2, 0.25) is 0 Å². The molecule has 1 heterocycles. The van der Waals surface area contributed by atoms with Crippen molar-refractivity contribution in [3.05, 3.63) is 23.8 Å². The molecule has 0 saturated carbocycles. The first-order chi connectivity index (χ1) is 9.63. The van der Waals surface area contributed by atoms with E-state index < -0.39 is 11.8 Å². The van der Waals surface area contributed by atoms with E-state index in [1.165, 1.54) is 13.2 Å². The second-order valence-corrected chi connectivity index (χ2v) is 4.43. The first kappa shape index (κ1) is 14.3. The number of hydrogen-bond donors (Lipinski definition) is 1. The van der Waals surface area contributed by atoms with Crippen molar-refractivity contribution in [2.75, 3.05) is 20.3 Å². The van der Waals surface area contributed by atoms with Crippen LogP contribution < -0.4 is 9.47 Å². The van der Waals surface area contributed by atoms with Crippen LogP contribution in [-0.4, -0.2) is 43.3 Å². The number of aliphatic carboxylic acids is 1. The second kappa shape index (κ2) is 6.38. The summed E-state index contributed by atoms with van der Waals surface area (Å²) in [5, 5.41) is 8.86. The average molecular weight is 280 g/mol. The molecule has 1 unspecified atom stereocenters. The van der Waals surface area contributed by atoms with Gasteiger partial charge in [-0.1, -0.05) is 6.07 Å². The van der Waals surface area contributed by atoms with Crippen LogP contribution in [-0.2, 0) is 9.53 Å². The maximum atomic E-state index is 11.7. The van der Waals surface area contributed by atoms with Crippen molar-refractivity contribution >= 4 is 11.8 Å². The van der Waals surface area contributed by atoms with Gasteiger partial charge in [0.2, 0.25) is 0 Å². The van der Waals surface area contributed by atoms with E-state index in [4.69, 9.17) is 19.3 Å². The van der Waals surface area contributed by atoms with Gasteiger partial charge >= 0.3 is 5.97 Å². The quantitative estimate of drug-likeness (QED) is 0.650. The fraction of sp³-hybridized carbons (Fsp3) is 0.429. The molecule has 2 rings (SSSR count). The Morgan fingerprint density at radius 2 is 2.20 bits per heavy atom. The van der Waals surface area contributed by atoms with Gasteiger partial charge in [-0.05, 0) is 25.0 Å².